The Hall–Kier alpha value is -2.82. The van der Waals surface area contributed by atoms with Crippen molar-refractivity contribution in [3.8, 4) is 5.75 Å². The van der Waals surface area contributed by atoms with Gasteiger partial charge >= 0.3 is 11.9 Å². The van der Waals surface area contributed by atoms with Gasteiger partial charge in [0.15, 0.2) is 0 Å². The normalized spacial score (nSPS) is 11.5. The Kier molecular flexibility index (Phi) is 5.14. The second-order valence-electron chi connectivity index (χ2n) is 4.67. The summed E-state index contributed by atoms with van der Waals surface area (Å²) in [6.45, 7) is 1.60. The molecule has 0 spiro atoms. The van der Waals surface area contributed by atoms with Gasteiger partial charge in [-0.3, -0.25) is 4.79 Å². The third-order valence-electron chi connectivity index (χ3n) is 2.94. The average molecular weight is 300 g/mol. The molecule has 0 radical (unpaired) electrons. The molecule has 2 rings (SSSR count). The fourth-order valence-corrected chi connectivity index (χ4v) is 1.91. The first-order valence-electron chi connectivity index (χ1n) is 6.73. The highest BCUT2D eigenvalue weighted by Gasteiger charge is 2.22. The van der Waals surface area contributed by atoms with E-state index in [0.29, 0.717) is 17.9 Å². The van der Waals surface area contributed by atoms with Crippen molar-refractivity contribution in [2.75, 3.05) is 0 Å². The lowest BCUT2D eigenvalue weighted by Gasteiger charge is -2.13. The van der Waals surface area contributed by atoms with Crippen LogP contribution in [0, 0.1) is 0 Å². The van der Waals surface area contributed by atoms with Gasteiger partial charge in [0.2, 0.25) is 6.10 Å². The fourth-order valence-electron chi connectivity index (χ4n) is 1.91. The van der Waals surface area contributed by atoms with Crippen molar-refractivity contribution in [2.45, 2.75) is 19.6 Å². The van der Waals surface area contributed by atoms with Crippen molar-refractivity contribution in [3.63, 3.8) is 0 Å². The van der Waals surface area contributed by atoms with Crippen molar-refractivity contribution >= 4 is 11.9 Å². The zero-order chi connectivity index (χ0) is 15.9. The molecule has 0 aliphatic carbocycles. The highest BCUT2D eigenvalue weighted by molar-refractivity contribution is 5.78. The van der Waals surface area contributed by atoms with Crippen molar-refractivity contribution in [1.29, 1.82) is 0 Å². The Bertz CT molecular complexity index is 634. The van der Waals surface area contributed by atoms with E-state index in [-0.39, 0.29) is 0 Å². The number of hydrogen-bond donors (Lipinski definition) is 1. The van der Waals surface area contributed by atoms with Crippen LogP contribution in [0.1, 0.15) is 24.2 Å². The average Bonchev–Trinajstić information content (AvgIpc) is 2.52. The summed E-state index contributed by atoms with van der Waals surface area (Å²) in [4.78, 5) is 22.1. The number of carboxylic acids is 1. The van der Waals surface area contributed by atoms with Gasteiger partial charge in [-0.2, -0.15) is 0 Å². The SMILES string of the molecule is CC(=O)OC(C(=O)O)c1ccc(OCc2ccccc2)cc1. The molecule has 0 saturated carbocycles. The molecule has 1 unspecified atom stereocenters. The zero-order valence-electron chi connectivity index (χ0n) is 12.1. The third-order valence-corrected chi connectivity index (χ3v) is 2.94. The van der Waals surface area contributed by atoms with E-state index in [1.165, 1.54) is 6.92 Å². The van der Waals surface area contributed by atoms with Gasteiger partial charge in [0.25, 0.3) is 0 Å². The molecule has 0 saturated heterocycles. The van der Waals surface area contributed by atoms with Gasteiger partial charge in [0, 0.05) is 12.5 Å². The molecule has 0 aliphatic heterocycles. The monoisotopic (exact) mass is 300 g/mol. The van der Waals surface area contributed by atoms with E-state index in [1.54, 1.807) is 24.3 Å². The van der Waals surface area contributed by atoms with Crippen molar-refractivity contribution in [3.05, 3.63) is 65.7 Å². The molecule has 1 N–H and O–H groups in total. The predicted molar refractivity (Wildman–Crippen MR) is 79.4 cm³/mol. The Morgan fingerprint density at radius 1 is 1.05 bits per heavy atom. The highest BCUT2D eigenvalue weighted by Crippen LogP contribution is 2.22. The Morgan fingerprint density at radius 3 is 2.23 bits per heavy atom. The number of carboxylic acid groups (broad SMARTS) is 1. The maximum atomic E-state index is 11.1. The molecule has 0 aromatic heterocycles. The largest absolute Gasteiger partial charge is 0.489 e. The zero-order valence-corrected chi connectivity index (χ0v) is 12.1. The molecule has 2 aromatic rings. The molecule has 1 atom stereocenters. The van der Waals surface area contributed by atoms with Gasteiger partial charge in [-0.25, -0.2) is 4.79 Å². The van der Waals surface area contributed by atoms with Crippen LogP contribution in [0.4, 0.5) is 0 Å². The topological polar surface area (TPSA) is 72.8 Å². The van der Waals surface area contributed by atoms with Gasteiger partial charge in [-0.05, 0) is 17.7 Å². The second-order valence-corrected chi connectivity index (χ2v) is 4.67. The molecule has 0 bridgehead atoms. The third kappa shape index (κ3) is 4.34. The van der Waals surface area contributed by atoms with Gasteiger partial charge in [0.1, 0.15) is 12.4 Å². The minimum atomic E-state index is -1.30. The first-order valence-corrected chi connectivity index (χ1v) is 6.73. The fraction of sp³-hybridized carbons (Fsp3) is 0.176. The summed E-state index contributed by atoms with van der Waals surface area (Å²) in [6, 6.07) is 16.1. The molecule has 0 heterocycles. The smallest absolute Gasteiger partial charge is 0.349 e. The maximum Gasteiger partial charge on any atom is 0.349 e. The van der Waals surface area contributed by atoms with E-state index >= 15 is 0 Å². The maximum absolute atomic E-state index is 11.1. The molecule has 22 heavy (non-hydrogen) atoms. The second kappa shape index (κ2) is 7.26. The van der Waals surface area contributed by atoms with E-state index in [2.05, 4.69) is 0 Å². The van der Waals surface area contributed by atoms with Crippen LogP contribution in [0.25, 0.3) is 0 Å². The summed E-state index contributed by atoms with van der Waals surface area (Å²) in [6.07, 6.45) is -1.30. The van der Waals surface area contributed by atoms with Crippen LogP contribution in [0.3, 0.4) is 0 Å². The quantitative estimate of drug-likeness (QED) is 0.830. The number of benzene rings is 2. The molecular weight excluding hydrogens is 284 g/mol. The number of carbonyl (C=O) groups excluding carboxylic acids is 1. The van der Waals surface area contributed by atoms with Crippen molar-refractivity contribution in [2.24, 2.45) is 0 Å². The minimum Gasteiger partial charge on any atom is -0.489 e. The molecular formula is C17H16O5. The minimum absolute atomic E-state index is 0.384. The number of rotatable bonds is 6. The van der Waals surface area contributed by atoms with Crippen LogP contribution >= 0.6 is 0 Å². The van der Waals surface area contributed by atoms with E-state index in [0.717, 1.165) is 5.56 Å². The molecule has 0 fully saturated rings. The van der Waals surface area contributed by atoms with Gasteiger partial charge < -0.3 is 14.6 Å². The first-order chi connectivity index (χ1) is 10.6. The molecule has 5 nitrogen and oxygen atoms in total. The molecule has 0 amide bonds. The summed E-state index contributed by atoms with van der Waals surface area (Å²) in [5.74, 6) is -1.25. The summed E-state index contributed by atoms with van der Waals surface area (Å²) in [5, 5.41) is 9.09. The number of esters is 1. The Labute approximate surface area is 128 Å². The number of ether oxygens (including phenoxy) is 2. The van der Waals surface area contributed by atoms with Crippen LogP contribution in [0.15, 0.2) is 54.6 Å². The Morgan fingerprint density at radius 2 is 1.68 bits per heavy atom. The summed E-state index contributed by atoms with van der Waals surface area (Å²) >= 11 is 0. The van der Waals surface area contributed by atoms with Gasteiger partial charge in [0.05, 0.1) is 0 Å². The lowest BCUT2D eigenvalue weighted by atomic mass is 10.1. The van der Waals surface area contributed by atoms with E-state index < -0.39 is 18.0 Å². The van der Waals surface area contributed by atoms with Crippen molar-refractivity contribution < 1.29 is 24.2 Å². The van der Waals surface area contributed by atoms with Gasteiger partial charge in [-0.15, -0.1) is 0 Å². The standard InChI is InChI=1S/C17H16O5/c1-12(18)22-16(17(19)20)14-7-9-15(10-8-14)21-11-13-5-3-2-4-6-13/h2-10,16H,11H2,1H3,(H,19,20). The number of hydrogen-bond acceptors (Lipinski definition) is 4. The van der Waals surface area contributed by atoms with E-state index in [1.807, 2.05) is 30.3 Å². The summed E-state index contributed by atoms with van der Waals surface area (Å²) in [5.41, 5.74) is 1.42. The van der Waals surface area contributed by atoms with Crippen LogP contribution in [-0.4, -0.2) is 17.0 Å². The molecule has 2 aromatic carbocycles. The van der Waals surface area contributed by atoms with Crippen LogP contribution < -0.4 is 4.74 Å². The summed E-state index contributed by atoms with van der Waals surface area (Å²) < 4.78 is 10.4. The molecule has 5 heteroatoms. The molecule has 0 aliphatic rings. The van der Waals surface area contributed by atoms with E-state index in [9.17, 15) is 9.59 Å². The predicted octanol–water partition coefficient (Wildman–Crippen LogP) is 2.95. The van der Waals surface area contributed by atoms with Gasteiger partial charge in [-0.1, -0.05) is 42.5 Å². The number of carbonyl (C=O) groups is 2. The van der Waals surface area contributed by atoms with Crippen molar-refractivity contribution in [1.82, 2.24) is 0 Å². The number of aliphatic carboxylic acids is 1. The van der Waals surface area contributed by atoms with Crippen LogP contribution in [-0.2, 0) is 20.9 Å². The van der Waals surface area contributed by atoms with Crippen LogP contribution in [0.5, 0.6) is 5.75 Å². The van der Waals surface area contributed by atoms with E-state index in [4.69, 9.17) is 14.6 Å². The first kappa shape index (κ1) is 15.6. The summed E-state index contributed by atoms with van der Waals surface area (Å²) in [7, 11) is 0. The van der Waals surface area contributed by atoms with Crippen LogP contribution in [0.2, 0.25) is 0 Å². The lowest BCUT2D eigenvalue weighted by Crippen LogP contribution is -2.17. The lowest BCUT2D eigenvalue weighted by molar-refractivity contribution is -0.163. The highest BCUT2D eigenvalue weighted by atomic mass is 16.6. The Balaban J connectivity index is 2.02. The molecule has 114 valence electrons.